The molecule has 0 saturated heterocycles. The zero-order chi connectivity index (χ0) is 18.4. The molecule has 0 saturated carbocycles. The topological polar surface area (TPSA) is 75.7 Å². The Morgan fingerprint density at radius 1 is 0.923 bits per heavy atom. The Labute approximate surface area is 151 Å². The van der Waals surface area contributed by atoms with Crippen molar-refractivity contribution >= 4 is 17.5 Å². The van der Waals surface area contributed by atoms with Gasteiger partial charge in [-0.1, -0.05) is 17.7 Å². The summed E-state index contributed by atoms with van der Waals surface area (Å²) in [4.78, 5) is 26.4. The van der Waals surface area contributed by atoms with Gasteiger partial charge in [-0.05, 0) is 43.3 Å². The van der Waals surface area contributed by atoms with Gasteiger partial charge in [-0.3, -0.25) is 9.59 Å². The van der Waals surface area contributed by atoms with Crippen LogP contribution in [0, 0.1) is 6.92 Å². The molecule has 0 radical (unpaired) electrons. The fourth-order valence-corrected chi connectivity index (χ4v) is 2.50. The van der Waals surface area contributed by atoms with E-state index in [1.807, 2.05) is 19.1 Å². The molecule has 2 heterocycles. The number of nitrogens with one attached hydrogen (secondary N) is 1. The van der Waals surface area contributed by atoms with Gasteiger partial charge in [0.05, 0.1) is 25.6 Å². The van der Waals surface area contributed by atoms with Crippen molar-refractivity contribution in [1.29, 1.82) is 0 Å². The van der Waals surface area contributed by atoms with Crippen molar-refractivity contribution in [1.82, 2.24) is 4.90 Å². The highest BCUT2D eigenvalue weighted by Crippen LogP contribution is 2.14. The van der Waals surface area contributed by atoms with Gasteiger partial charge in [-0.2, -0.15) is 0 Å². The summed E-state index contributed by atoms with van der Waals surface area (Å²) in [5.74, 6) is 0.623. The third-order valence-corrected chi connectivity index (χ3v) is 3.85. The first-order chi connectivity index (χ1) is 12.6. The number of rotatable bonds is 7. The summed E-state index contributed by atoms with van der Waals surface area (Å²) in [6.07, 6.45) is 2.85. The van der Waals surface area contributed by atoms with Crippen LogP contribution in [0.25, 0.3) is 0 Å². The van der Waals surface area contributed by atoms with Gasteiger partial charge < -0.3 is 19.1 Å². The van der Waals surface area contributed by atoms with E-state index >= 15 is 0 Å². The van der Waals surface area contributed by atoms with Gasteiger partial charge in [-0.25, -0.2) is 0 Å². The average Bonchev–Trinajstić information content (AvgIpc) is 3.30. The Hall–Kier alpha value is -3.28. The first kappa shape index (κ1) is 17.5. The normalized spacial score (nSPS) is 10.5. The van der Waals surface area contributed by atoms with E-state index < -0.39 is 0 Å². The molecule has 2 amide bonds. The summed E-state index contributed by atoms with van der Waals surface area (Å²) in [5.41, 5.74) is 1.76. The van der Waals surface area contributed by atoms with Crippen LogP contribution in [-0.2, 0) is 22.7 Å². The van der Waals surface area contributed by atoms with Crippen molar-refractivity contribution in [3.05, 3.63) is 78.1 Å². The maximum absolute atomic E-state index is 12.6. The molecule has 26 heavy (non-hydrogen) atoms. The summed E-state index contributed by atoms with van der Waals surface area (Å²) < 4.78 is 10.6. The second-order valence-corrected chi connectivity index (χ2v) is 6.00. The molecule has 0 aliphatic rings. The van der Waals surface area contributed by atoms with Crippen LogP contribution in [-0.4, -0.2) is 16.7 Å². The van der Waals surface area contributed by atoms with Crippen molar-refractivity contribution in [3.8, 4) is 0 Å². The molecule has 0 bridgehead atoms. The molecule has 134 valence electrons. The third kappa shape index (κ3) is 4.86. The molecule has 3 aromatic rings. The molecule has 6 heteroatoms. The van der Waals surface area contributed by atoms with Crippen LogP contribution in [0.1, 0.15) is 23.5 Å². The highest BCUT2D eigenvalue weighted by Gasteiger charge is 2.20. The maximum atomic E-state index is 12.6. The molecular weight excluding hydrogens is 332 g/mol. The highest BCUT2D eigenvalue weighted by molar-refractivity contribution is 6.03. The maximum Gasteiger partial charge on any atom is 0.233 e. The number of furan rings is 2. The van der Waals surface area contributed by atoms with E-state index in [-0.39, 0.29) is 31.3 Å². The van der Waals surface area contributed by atoms with Crippen molar-refractivity contribution in [2.24, 2.45) is 0 Å². The summed E-state index contributed by atoms with van der Waals surface area (Å²) in [7, 11) is 0. The Bertz CT molecular complexity index is 800. The van der Waals surface area contributed by atoms with Gasteiger partial charge in [0.15, 0.2) is 0 Å². The second-order valence-electron chi connectivity index (χ2n) is 6.00. The molecular formula is C20H20N2O4. The van der Waals surface area contributed by atoms with Crippen LogP contribution < -0.4 is 5.32 Å². The Morgan fingerprint density at radius 3 is 2.00 bits per heavy atom. The molecule has 0 aliphatic heterocycles. The zero-order valence-electron chi connectivity index (χ0n) is 14.5. The van der Waals surface area contributed by atoms with E-state index in [0.29, 0.717) is 17.2 Å². The third-order valence-electron chi connectivity index (χ3n) is 3.85. The lowest BCUT2D eigenvalue weighted by Crippen LogP contribution is -2.32. The van der Waals surface area contributed by atoms with Gasteiger partial charge >= 0.3 is 0 Å². The monoisotopic (exact) mass is 352 g/mol. The van der Waals surface area contributed by atoms with Crippen LogP contribution in [0.3, 0.4) is 0 Å². The SMILES string of the molecule is Cc1ccc(NC(=O)CC(=O)N(Cc2ccco2)Cc2ccco2)cc1. The van der Waals surface area contributed by atoms with Crippen LogP contribution in [0.15, 0.2) is 69.9 Å². The largest absolute Gasteiger partial charge is 0.467 e. The van der Waals surface area contributed by atoms with Gasteiger partial charge in [0.1, 0.15) is 17.9 Å². The number of carbonyl (C=O) groups excluding carboxylic acids is 2. The van der Waals surface area contributed by atoms with Crippen molar-refractivity contribution < 1.29 is 18.4 Å². The first-order valence-corrected chi connectivity index (χ1v) is 8.29. The van der Waals surface area contributed by atoms with E-state index in [2.05, 4.69) is 5.32 Å². The van der Waals surface area contributed by atoms with E-state index in [1.54, 1.807) is 48.9 Å². The number of amides is 2. The number of carbonyl (C=O) groups is 2. The Morgan fingerprint density at radius 2 is 1.50 bits per heavy atom. The number of aryl methyl sites for hydroxylation is 1. The molecule has 3 rings (SSSR count). The average molecular weight is 352 g/mol. The molecule has 0 unspecified atom stereocenters. The zero-order valence-corrected chi connectivity index (χ0v) is 14.5. The number of hydrogen-bond acceptors (Lipinski definition) is 4. The minimum absolute atomic E-state index is 0.255. The lowest BCUT2D eigenvalue weighted by molar-refractivity contribution is -0.136. The van der Waals surface area contributed by atoms with E-state index in [4.69, 9.17) is 8.83 Å². The first-order valence-electron chi connectivity index (χ1n) is 8.29. The lowest BCUT2D eigenvalue weighted by atomic mass is 10.2. The molecule has 0 fully saturated rings. The van der Waals surface area contributed by atoms with Crippen molar-refractivity contribution in [2.75, 3.05) is 5.32 Å². The fourth-order valence-electron chi connectivity index (χ4n) is 2.50. The Kier molecular flexibility index (Phi) is 5.53. The number of anilines is 1. The van der Waals surface area contributed by atoms with Gasteiger partial charge in [0.2, 0.25) is 11.8 Å². The molecule has 6 nitrogen and oxygen atoms in total. The minimum Gasteiger partial charge on any atom is -0.467 e. The minimum atomic E-state index is -0.359. The molecule has 2 aromatic heterocycles. The fraction of sp³-hybridized carbons (Fsp3) is 0.200. The standard InChI is InChI=1S/C20H20N2O4/c1-15-6-8-16(9-7-15)21-19(23)12-20(24)22(13-17-4-2-10-25-17)14-18-5-3-11-26-18/h2-11H,12-14H2,1H3,(H,21,23). The molecule has 0 spiro atoms. The van der Waals surface area contributed by atoms with Crippen LogP contribution in [0.5, 0.6) is 0 Å². The molecule has 0 aliphatic carbocycles. The quantitative estimate of drug-likeness (QED) is 0.657. The summed E-state index contributed by atoms with van der Waals surface area (Å²) in [6.45, 7) is 2.50. The number of nitrogens with zero attached hydrogens (tertiary/aromatic N) is 1. The predicted molar refractivity (Wildman–Crippen MR) is 96.1 cm³/mol. The predicted octanol–water partition coefficient (Wildman–Crippen LogP) is 3.74. The van der Waals surface area contributed by atoms with Gasteiger partial charge in [0, 0.05) is 5.69 Å². The summed E-state index contributed by atoms with van der Waals surface area (Å²) in [6, 6.07) is 14.5. The highest BCUT2D eigenvalue weighted by atomic mass is 16.3. The molecule has 1 aromatic carbocycles. The van der Waals surface area contributed by atoms with E-state index in [1.165, 1.54) is 4.90 Å². The van der Waals surface area contributed by atoms with Gasteiger partial charge in [0.25, 0.3) is 0 Å². The number of benzene rings is 1. The molecule has 1 N–H and O–H groups in total. The summed E-state index contributed by atoms with van der Waals surface area (Å²) in [5, 5.41) is 2.74. The van der Waals surface area contributed by atoms with Crippen LogP contribution in [0.4, 0.5) is 5.69 Å². The van der Waals surface area contributed by atoms with Crippen LogP contribution >= 0.6 is 0 Å². The number of hydrogen-bond donors (Lipinski definition) is 1. The Balaban J connectivity index is 1.63. The van der Waals surface area contributed by atoms with Gasteiger partial charge in [-0.15, -0.1) is 0 Å². The smallest absolute Gasteiger partial charge is 0.233 e. The molecule has 0 atom stereocenters. The van der Waals surface area contributed by atoms with Crippen LogP contribution in [0.2, 0.25) is 0 Å². The second kappa shape index (κ2) is 8.20. The lowest BCUT2D eigenvalue weighted by Gasteiger charge is -2.20. The van der Waals surface area contributed by atoms with Crippen molar-refractivity contribution in [2.45, 2.75) is 26.4 Å². The van der Waals surface area contributed by atoms with E-state index in [9.17, 15) is 9.59 Å². The van der Waals surface area contributed by atoms with E-state index in [0.717, 1.165) is 5.56 Å². The van der Waals surface area contributed by atoms with Crippen molar-refractivity contribution in [3.63, 3.8) is 0 Å². The summed E-state index contributed by atoms with van der Waals surface area (Å²) >= 11 is 0.